The second-order valence-electron chi connectivity index (χ2n) is 5.45. The maximum absolute atomic E-state index is 11.5. The van der Waals surface area contributed by atoms with Gasteiger partial charge in [-0.15, -0.1) is 0 Å². The second-order valence-corrected chi connectivity index (χ2v) is 5.45. The molecule has 88 valence electrons. The molecule has 1 aliphatic rings. The summed E-state index contributed by atoms with van der Waals surface area (Å²) in [5, 5.41) is 3.03. The molecule has 0 aromatic heterocycles. The van der Waals surface area contributed by atoms with Crippen LogP contribution >= 0.6 is 0 Å². The molecule has 0 spiro atoms. The first-order valence-corrected chi connectivity index (χ1v) is 5.53. The predicted octanol–water partition coefficient (Wildman–Crippen LogP) is 1.13. The van der Waals surface area contributed by atoms with Crippen LogP contribution in [-0.4, -0.2) is 54.6 Å². The average Bonchev–Trinajstić information content (AvgIpc) is 2.51. The summed E-state index contributed by atoms with van der Waals surface area (Å²) in [5.74, 6) is 0. The van der Waals surface area contributed by atoms with Gasteiger partial charge in [0.25, 0.3) is 0 Å². The Morgan fingerprint density at radius 3 is 2.40 bits per heavy atom. The van der Waals surface area contributed by atoms with E-state index in [1.807, 2.05) is 0 Å². The smallest absolute Gasteiger partial charge is 0.317 e. The van der Waals surface area contributed by atoms with Crippen molar-refractivity contribution in [2.75, 3.05) is 27.2 Å². The molecule has 2 amide bonds. The number of hydrogen-bond acceptors (Lipinski definition) is 2. The van der Waals surface area contributed by atoms with E-state index in [1.54, 1.807) is 19.0 Å². The number of nitrogens with zero attached hydrogens (tertiary/aromatic N) is 2. The quantitative estimate of drug-likeness (QED) is 0.709. The molecular weight excluding hydrogens is 190 g/mol. The second kappa shape index (κ2) is 4.39. The number of likely N-dealkylation sites (tertiary alicyclic amines) is 1. The summed E-state index contributed by atoms with van der Waals surface area (Å²) >= 11 is 0. The summed E-state index contributed by atoms with van der Waals surface area (Å²) in [7, 11) is 3.54. The SMILES string of the molecule is CN(C)C(=O)NC1CCN(C(C)(C)C)C1. The van der Waals surface area contributed by atoms with Crippen LogP contribution < -0.4 is 5.32 Å². The molecule has 1 rings (SSSR count). The highest BCUT2D eigenvalue weighted by Gasteiger charge is 2.30. The minimum atomic E-state index is 0.00996. The van der Waals surface area contributed by atoms with Gasteiger partial charge in [0.1, 0.15) is 0 Å². The van der Waals surface area contributed by atoms with E-state index in [1.165, 1.54) is 0 Å². The topological polar surface area (TPSA) is 35.6 Å². The van der Waals surface area contributed by atoms with Crippen molar-refractivity contribution in [2.24, 2.45) is 0 Å². The summed E-state index contributed by atoms with van der Waals surface area (Å²) in [4.78, 5) is 15.4. The first kappa shape index (κ1) is 12.3. The maximum atomic E-state index is 11.5. The third kappa shape index (κ3) is 3.38. The van der Waals surface area contributed by atoms with E-state index < -0.39 is 0 Å². The van der Waals surface area contributed by atoms with Gasteiger partial charge in [0, 0.05) is 38.8 Å². The molecule has 0 aromatic rings. The first-order chi connectivity index (χ1) is 6.80. The fourth-order valence-corrected chi connectivity index (χ4v) is 1.79. The van der Waals surface area contributed by atoms with E-state index in [-0.39, 0.29) is 11.6 Å². The molecule has 1 fully saturated rings. The van der Waals surface area contributed by atoms with Crippen molar-refractivity contribution in [1.29, 1.82) is 0 Å². The molecule has 1 atom stereocenters. The van der Waals surface area contributed by atoms with Crippen LogP contribution in [0.1, 0.15) is 27.2 Å². The molecule has 0 radical (unpaired) electrons. The van der Waals surface area contributed by atoms with E-state index in [4.69, 9.17) is 0 Å². The van der Waals surface area contributed by atoms with Gasteiger partial charge in [-0.2, -0.15) is 0 Å². The van der Waals surface area contributed by atoms with Gasteiger partial charge in [-0.05, 0) is 27.2 Å². The zero-order chi connectivity index (χ0) is 11.6. The van der Waals surface area contributed by atoms with Gasteiger partial charge in [0.05, 0.1) is 0 Å². The molecule has 0 aliphatic carbocycles. The normalized spacial score (nSPS) is 22.9. The number of rotatable bonds is 1. The minimum Gasteiger partial charge on any atom is -0.334 e. The summed E-state index contributed by atoms with van der Waals surface area (Å²) in [5.41, 5.74) is 0.206. The summed E-state index contributed by atoms with van der Waals surface area (Å²) < 4.78 is 0. The monoisotopic (exact) mass is 213 g/mol. The van der Waals surface area contributed by atoms with Crippen LogP contribution in [0.4, 0.5) is 4.79 Å². The van der Waals surface area contributed by atoms with E-state index in [2.05, 4.69) is 31.0 Å². The van der Waals surface area contributed by atoms with Gasteiger partial charge in [-0.3, -0.25) is 4.90 Å². The number of urea groups is 1. The van der Waals surface area contributed by atoms with Gasteiger partial charge in [-0.1, -0.05) is 0 Å². The van der Waals surface area contributed by atoms with E-state index in [0.717, 1.165) is 19.5 Å². The predicted molar refractivity (Wildman–Crippen MR) is 61.9 cm³/mol. The lowest BCUT2D eigenvalue weighted by molar-refractivity contribution is 0.169. The molecule has 1 N–H and O–H groups in total. The molecule has 1 aliphatic heterocycles. The van der Waals surface area contributed by atoms with Gasteiger partial charge < -0.3 is 10.2 Å². The van der Waals surface area contributed by atoms with Crippen LogP contribution in [0, 0.1) is 0 Å². The fraction of sp³-hybridized carbons (Fsp3) is 0.909. The highest BCUT2D eigenvalue weighted by atomic mass is 16.2. The number of carbonyl (C=O) groups excluding carboxylic acids is 1. The van der Waals surface area contributed by atoms with Crippen LogP contribution in [0.15, 0.2) is 0 Å². The Kier molecular flexibility index (Phi) is 3.60. The molecule has 1 unspecified atom stereocenters. The number of amides is 2. The zero-order valence-electron chi connectivity index (χ0n) is 10.5. The van der Waals surface area contributed by atoms with Crippen LogP contribution in [0.5, 0.6) is 0 Å². The Morgan fingerprint density at radius 2 is 2.00 bits per heavy atom. The van der Waals surface area contributed by atoms with Crippen molar-refractivity contribution >= 4 is 6.03 Å². The van der Waals surface area contributed by atoms with Crippen LogP contribution in [0.25, 0.3) is 0 Å². The minimum absolute atomic E-state index is 0.00996. The van der Waals surface area contributed by atoms with Crippen molar-refractivity contribution in [2.45, 2.75) is 38.8 Å². The van der Waals surface area contributed by atoms with Gasteiger partial charge >= 0.3 is 6.03 Å². The van der Waals surface area contributed by atoms with Crippen molar-refractivity contribution in [3.8, 4) is 0 Å². The summed E-state index contributed by atoms with van der Waals surface area (Å²) in [6.07, 6.45) is 1.05. The molecule has 4 heteroatoms. The number of nitrogens with one attached hydrogen (secondary N) is 1. The summed E-state index contributed by atoms with van der Waals surface area (Å²) in [6, 6.07) is 0.315. The van der Waals surface area contributed by atoms with Gasteiger partial charge in [0.2, 0.25) is 0 Å². The molecule has 0 aromatic carbocycles. The molecular formula is C11H23N3O. The van der Waals surface area contributed by atoms with Crippen molar-refractivity contribution in [3.63, 3.8) is 0 Å². The highest BCUT2D eigenvalue weighted by Crippen LogP contribution is 2.20. The lowest BCUT2D eigenvalue weighted by atomic mass is 10.1. The Balaban J connectivity index is 2.41. The lowest BCUT2D eigenvalue weighted by Gasteiger charge is -2.31. The Bertz CT molecular complexity index is 232. The molecule has 0 bridgehead atoms. The average molecular weight is 213 g/mol. The van der Waals surface area contributed by atoms with Crippen LogP contribution in [-0.2, 0) is 0 Å². The molecule has 1 heterocycles. The molecule has 1 saturated heterocycles. The van der Waals surface area contributed by atoms with E-state index in [9.17, 15) is 4.79 Å². The van der Waals surface area contributed by atoms with Gasteiger partial charge in [0.15, 0.2) is 0 Å². The Morgan fingerprint density at radius 1 is 1.40 bits per heavy atom. The third-order valence-electron chi connectivity index (χ3n) is 2.87. The number of hydrogen-bond donors (Lipinski definition) is 1. The standard InChI is InChI=1S/C11H23N3O/c1-11(2,3)14-7-6-9(8-14)12-10(15)13(4)5/h9H,6-8H2,1-5H3,(H,12,15). The van der Waals surface area contributed by atoms with E-state index >= 15 is 0 Å². The lowest BCUT2D eigenvalue weighted by Crippen LogP contribution is -2.45. The van der Waals surface area contributed by atoms with Crippen molar-refractivity contribution in [3.05, 3.63) is 0 Å². The fourth-order valence-electron chi connectivity index (χ4n) is 1.79. The maximum Gasteiger partial charge on any atom is 0.317 e. The van der Waals surface area contributed by atoms with Crippen molar-refractivity contribution in [1.82, 2.24) is 15.1 Å². The largest absolute Gasteiger partial charge is 0.334 e. The van der Waals surface area contributed by atoms with Crippen LogP contribution in [0.3, 0.4) is 0 Å². The molecule has 4 nitrogen and oxygen atoms in total. The third-order valence-corrected chi connectivity index (χ3v) is 2.87. The van der Waals surface area contributed by atoms with Gasteiger partial charge in [-0.25, -0.2) is 4.79 Å². The summed E-state index contributed by atoms with van der Waals surface area (Å²) in [6.45, 7) is 8.67. The van der Waals surface area contributed by atoms with E-state index in [0.29, 0.717) is 6.04 Å². The van der Waals surface area contributed by atoms with Crippen LogP contribution in [0.2, 0.25) is 0 Å². The molecule has 15 heavy (non-hydrogen) atoms. The number of carbonyl (C=O) groups is 1. The Hall–Kier alpha value is -0.770. The highest BCUT2D eigenvalue weighted by molar-refractivity contribution is 5.73. The Labute approximate surface area is 92.6 Å². The first-order valence-electron chi connectivity index (χ1n) is 5.53. The van der Waals surface area contributed by atoms with Crippen molar-refractivity contribution < 1.29 is 4.79 Å². The zero-order valence-corrected chi connectivity index (χ0v) is 10.5. The molecule has 0 saturated carbocycles.